The number of methoxy groups -OCH3 is 3. The van der Waals surface area contributed by atoms with E-state index in [-0.39, 0.29) is 11.3 Å². The normalized spacial score (nSPS) is 16.2. The molecule has 0 N–H and O–H groups in total. The SMILES string of the molecule is C=CC1=C(c2c(OC)cc(C(C)C)c(OC)c2OC)C=CCC1(C)C. The molecule has 1 aliphatic rings. The molecule has 0 radical (unpaired) electrons. The van der Waals surface area contributed by atoms with Crippen molar-refractivity contribution in [3.63, 3.8) is 0 Å². The van der Waals surface area contributed by atoms with Crippen molar-refractivity contribution in [1.82, 2.24) is 0 Å². The molecule has 0 bridgehead atoms. The molecule has 0 aliphatic heterocycles. The van der Waals surface area contributed by atoms with Crippen LogP contribution in [0.15, 0.2) is 36.4 Å². The minimum absolute atomic E-state index is 0.00576. The van der Waals surface area contributed by atoms with Gasteiger partial charge in [0.1, 0.15) is 5.75 Å². The van der Waals surface area contributed by atoms with Crippen LogP contribution in [0.4, 0.5) is 0 Å². The van der Waals surface area contributed by atoms with Crippen molar-refractivity contribution in [2.75, 3.05) is 21.3 Å². The van der Waals surface area contributed by atoms with E-state index in [0.717, 1.165) is 34.6 Å². The van der Waals surface area contributed by atoms with E-state index in [4.69, 9.17) is 14.2 Å². The van der Waals surface area contributed by atoms with Crippen molar-refractivity contribution < 1.29 is 14.2 Å². The summed E-state index contributed by atoms with van der Waals surface area (Å²) in [6, 6.07) is 2.06. The van der Waals surface area contributed by atoms with Crippen LogP contribution in [0.1, 0.15) is 51.2 Å². The average molecular weight is 342 g/mol. The van der Waals surface area contributed by atoms with Crippen LogP contribution in [-0.4, -0.2) is 21.3 Å². The van der Waals surface area contributed by atoms with Gasteiger partial charge in [0, 0.05) is 5.56 Å². The van der Waals surface area contributed by atoms with E-state index in [0.29, 0.717) is 5.75 Å². The molecule has 1 aromatic rings. The maximum absolute atomic E-state index is 5.81. The molecule has 1 aliphatic carbocycles. The second-order valence-electron chi connectivity index (χ2n) is 7.29. The molecule has 136 valence electrons. The Kier molecular flexibility index (Phi) is 5.66. The number of ether oxygens (including phenoxy) is 3. The molecule has 1 aromatic carbocycles. The number of benzene rings is 1. The molecule has 0 saturated carbocycles. The minimum atomic E-state index is 0.00576. The summed E-state index contributed by atoms with van der Waals surface area (Å²) in [5, 5.41) is 0. The fraction of sp³-hybridized carbons (Fsp3) is 0.455. The van der Waals surface area contributed by atoms with Gasteiger partial charge < -0.3 is 14.2 Å². The molecule has 0 spiro atoms. The summed E-state index contributed by atoms with van der Waals surface area (Å²) in [7, 11) is 5.06. The zero-order valence-corrected chi connectivity index (χ0v) is 16.5. The molecular weight excluding hydrogens is 312 g/mol. The standard InChI is InChI=1S/C22H30O3/c1-9-17-15(11-10-12-22(17,4)5)19-18(23-6)13-16(14(2)3)20(24-7)21(19)25-8/h9-11,13-14H,1,12H2,2-8H3. The fourth-order valence-electron chi connectivity index (χ4n) is 3.53. The number of rotatable bonds is 6. The van der Waals surface area contributed by atoms with Gasteiger partial charge in [-0.3, -0.25) is 0 Å². The molecule has 2 rings (SSSR count). The van der Waals surface area contributed by atoms with Crippen LogP contribution in [0, 0.1) is 5.41 Å². The minimum Gasteiger partial charge on any atom is -0.496 e. The van der Waals surface area contributed by atoms with Crippen molar-refractivity contribution in [3.8, 4) is 17.2 Å². The molecule has 0 heterocycles. The predicted molar refractivity (Wildman–Crippen MR) is 105 cm³/mol. The third kappa shape index (κ3) is 3.33. The highest BCUT2D eigenvalue weighted by Crippen LogP contribution is 2.50. The highest BCUT2D eigenvalue weighted by Gasteiger charge is 2.31. The largest absolute Gasteiger partial charge is 0.496 e. The Morgan fingerprint density at radius 3 is 2.20 bits per heavy atom. The van der Waals surface area contributed by atoms with E-state index < -0.39 is 0 Å². The van der Waals surface area contributed by atoms with Gasteiger partial charge in [0.15, 0.2) is 11.5 Å². The van der Waals surface area contributed by atoms with Gasteiger partial charge in [0.25, 0.3) is 0 Å². The Labute approximate surface area is 152 Å². The highest BCUT2D eigenvalue weighted by atomic mass is 16.5. The lowest BCUT2D eigenvalue weighted by atomic mass is 9.73. The van der Waals surface area contributed by atoms with Crippen molar-refractivity contribution in [2.45, 2.75) is 40.0 Å². The summed E-state index contributed by atoms with van der Waals surface area (Å²) in [4.78, 5) is 0. The third-order valence-corrected chi connectivity index (χ3v) is 4.88. The van der Waals surface area contributed by atoms with Gasteiger partial charge in [-0.1, -0.05) is 52.5 Å². The molecular formula is C22H30O3. The van der Waals surface area contributed by atoms with Crippen LogP contribution in [-0.2, 0) is 0 Å². The molecule has 0 atom stereocenters. The smallest absolute Gasteiger partial charge is 0.172 e. The quantitative estimate of drug-likeness (QED) is 0.657. The van der Waals surface area contributed by atoms with Crippen LogP contribution in [0.3, 0.4) is 0 Å². The first-order valence-corrected chi connectivity index (χ1v) is 8.69. The average Bonchev–Trinajstić information content (AvgIpc) is 2.58. The Hall–Kier alpha value is -2.16. The lowest BCUT2D eigenvalue weighted by molar-refractivity contribution is 0.342. The van der Waals surface area contributed by atoms with Gasteiger partial charge in [-0.15, -0.1) is 0 Å². The summed E-state index contributed by atoms with van der Waals surface area (Å²) in [6.45, 7) is 12.8. The van der Waals surface area contributed by atoms with Gasteiger partial charge >= 0.3 is 0 Å². The summed E-state index contributed by atoms with van der Waals surface area (Å²) >= 11 is 0. The van der Waals surface area contributed by atoms with Crippen molar-refractivity contribution >= 4 is 5.57 Å². The van der Waals surface area contributed by atoms with Crippen molar-refractivity contribution in [2.24, 2.45) is 5.41 Å². The van der Waals surface area contributed by atoms with Crippen LogP contribution >= 0.6 is 0 Å². The molecule has 0 fully saturated rings. The van der Waals surface area contributed by atoms with Crippen LogP contribution in [0.25, 0.3) is 5.57 Å². The van der Waals surface area contributed by atoms with Crippen LogP contribution < -0.4 is 14.2 Å². The van der Waals surface area contributed by atoms with Gasteiger partial charge in [0.05, 0.1) is 26.9 Å². The molecule has 0 unspecified atom stereocenters. The second kappa shape index (κ2) is 7.38. The summed E-state index contributed by atoms with van der Waals surface area (Å²) in [5.74, 6) is 2.55. The predicted octanol–water partition coefficient (Wildman–Crippen LogP) is 5.76. The first-order chi connectivity index (χ1) is 11.8. The summed E-state index contributed by atoms with van der Waals surface area (Å²) in [5.41, 5.74) is 4.26. The molecule has 3 nitrogen and oxygen atoms in total. The lowest BCUT2D eigenvalue weighted by Crippen LogP contribution is -2.17. The van der Waals surface area contributed by atoms with E-state index in [2.05, 4.69) is 52.5 Å². The first kappa shape index (κ1) is 19.2. The zero-order chi connectivity index (χ0) is 18.8. The first-order valence-electron chi connectivity index (χ1n) is 8.69. The van der Waals surface area contributed by atoms with E-state index in [1.807, 2.05) is 6.08 Å². The highest BCUT2D eigenvalue weighted by molar-refractivity contribution is 5.88. The third-order valence-electron chi connectivity index (χ3n) is 4.88. The topological polar surface area (TPSA) is 27.7 Å². The van der Waals surface area contributed by atoms with Crippen LogP contribution in [0.5, 0.6) is 17.2 Å². The molecule has 25 heavy (non-hydrogen) atoms. The van der Waals surface area contributed by atoms with E-state index >= 15 is 0 Å². The van der Waals surface area contributed by atoms with Gasteiger partial charge in [-0.25, -0.2) is 0 Å². The van der Waals surface area contributed by atoms with Gasteiger partial charge in [-0.05, 0) is 35.0 Å². The fourth-order valence-corrected chi connectivity index (χ4v) is 3.53. The van der Waals surface area contributed by atoms with Gasteiger partial charge in [0.2, 0.25) is 0 Å². The Bertz CT molecular complexity index is 721. The number of hydrogen-bond donors (Lipinski definition) is 0. The van der Waals surface area contributed by atoms with E-state index in [1.54, 1.807) is 21.3 Å². The Balaban J connectivity index is 2.91. The molecule has 0 saturated heterocycles. The Morgan fingerprint density at radius 2 is 1.72 bits per heavy atom. The molecule has 3 heteroatoms. The Morgan fingerprint density at radius 1 is 1.08 bits per heavy atom. The van der Waals surface area contributed by atoms with E-state index in [1.165, 1.54) is 5.57 Å². The maximum atomic E-state index is 5.81. The van der Waals surface area contributed by atoms with Gasteiger partial charge in [-0.2, -0.15) is 0 Å². The molecule has 0 amide bonds. The summed E-state index contributed by atoms with van der Waals surface area (Å²) < 4.78 is 17.3. The maximum Gasteiger partial charge on any atom is 0.172 e. The zero-order valence-electron chi connectivity index (χ0n) is 16.5. The second-order valence-corrected chi connectivity index (χ2v) is 7.29. The van der Waals surface area contributed by atoms with E-state index in [9.17, 15) is 0 Å². The summed E-state index contributed by atoms with van der Waals surface area (Å²) in [6.07, 6.45) is 7.26. The molecule has 0 aromatic heterocycles. The van der Waals surface area contributed by atoms with Crippen molar-refractivity contribution in [3.05, 3.63) is 47.6 Å². The lowest BCUT2D eigenvalue weighted by Gasteiger charge is -2.32. The monoisotopic (exact) mass is 342 g/mol. The van der Waals surface area contributed by atoms with Crippen LogP contribution in [0.2, 0.25) is 0 Å². The van der Waals surface area contributed by atoms with Crippen molar-refractivity contribution in [1.29, 1.82) is 0 Å². The number of allylic oxidation sites excluding steroid dienone is 5. The number of hydrogen-bond acceptors (Lipinski definition) is 3.